The van der Waals surface area contributed by atoms with Crippen molar-refractivity contribution in [2.75, 3.05) is 5.73 Å². The van der Waals surface area contributed by atoms with Crippen LogP contribution in [0.2, 0.25) is 0 Å². The predicted molar refractivity (Wildman–Crippen MR) is 70.7 cm³/mol. The number of rotatable bonds is 3. The Morgan fingerprint density at radius 3 is 2.59 bits per heavy atom. The summed E-state index contributed by atoms with van der Waals surface area (Å²) in [6.07, 6.45) is 0. The maximum Gasteiger partial charge on any atom is 0.202 e. The van der Waals surface area contributed by atoms with E-state index in [0.717, 1.165) is 23.4 Å². The van der Waals surface area contributed by atoms with Crippen LogP contribution in [0.3, 0.4) is 0 Å². The Bertz CT molecular complexity index is 527. The van der Waals surface area contributed by atoms with E-state index in [9.17, 15) is 0 Å². The van der Waals surface area contributed by atoms with Gasteiger partial charge < -0.3 is 5.73 Å². The molecule has 0 amide bonds. The molecule has 2 N–H and O–H groups in total. The summed E-state index contributed by atoms with van der Waals surface area (Å²) in [5.74, 6) is 1.74. The summed E-state index contributed by atoms with van der Waals surface area (Å²) in [6, 6.07) is 3.94. The highest BCUT2D eigenvalue weighted by Crippen LogP contribution is 2.20. The molecule has 0 spiro atoms. The maximum absolute atomic E-state index is 5.96. The molecule has 2 aromatic heterocycles. The van der Waals surface area contributed by atoms with E-state index in [1.54, 1.807) is 0 Å². The number of pyridine rings is 1. The number of hydrogen-bond acceptors (Lipinski definition) is 3. The minimum absolute atomic E-state index is 0.553. The minimum Gasteiger partial charge on any atom is -0.369 e. The van der Waals surface area contributed by atoms with Crippen molar-refractivity contribution >= 4 is 17.1 Å². The monoisotopic (exact) mass is 232 g/mol. The van der Waals surface area contributed by atoms with Crippen LogP contribution in [0, 0.1) is 18.8 Å². The number of aromatic nitrogens is 3. The second-order valence-electron chi connectivity index (χ2n) is 5.10. The van der Waals surface area contributed by atoms with E-state index in [1.807, 2.05) is 23.6 Å². The number of nitrogen functional groups attached to an aromatic ring is 1. The average molecular weight is 232 g/mol. The molecule has 17 heavy (non-hydrogen) atoms. The van der Waals surface area contributed by atoms with Crippen molar-refractivity contribution in [3.8, 4) is 0 Å². The molecular weight excluding hydrogens is 212 g/mol. The lowest BCUT2D eigenvalue weighted by molar-refractivity contribution is 0.370. The molecule has 2 rings (SSSR count). The molecule has 1 atom stereocenters. The summed E-state index contributed by atoms with van der Waals surface area (Å²) in [5.41, 5.74) is 8.74. The van der Waals surface area contributed by atoms with Crippen LogP contribution in [0.5, 0.6) is 0 Å². The van der Waals surface area contributed by atoms with Crippen LogP contribution >= 0.6 is 0 Å². The van der Waals surface area contributed by atoms with Gasteiger partial charge in [-0.2, -0.15) is 0 Å². The molecule has 0 fully saturated rings. The Kier molecular flexibility index (Phi) is 3.05. The Balaban J connectivity index is 2.45. The lowest BCUT2D eigenvalue weighted by atomic mass is 9.98. The lowest BCUT2D eigenvalue weighted by Crippen LogP contribution is -2.15. The van der Waals surface area contributed by atoms with Crippen LogP contribution in [0.1, 0.15) is 26.5 Å². The first-order valence-electron chi connectivity index (χ1n) is 6.08. The fourth-order valence-electron chi connectivity index (χ4n) is 1.79. The van der Waals surface area contributed by atoms with E-state index in [2.05, 4.69) is 30.7 Å². The van der Waals surface area contributed by atoms with Gasteiger partial charge >= 0.3 is 0 Å². The van der Waals surface area contributed by atoms with Gasteiger partial charge in [-0.05, 0) is 30.9 Å². The van der Waals surface area contributed by atoms with Crippen molar-refractivity contribution in [1.29, 1.82) is 0 Å². The van der Waals surface area contributed by atoms with Crippen molar-refractivity contribution in [2.24, 2.45) is 11.8 Å². The molecule has 0 aliphatic rings. The van der Waals surface area contributed by atoms with Crippen LogP contribution in [0.4, 0.5) is 5.95 Å². The molecule has 0 radical (unpaired) electrons. The molecule has 0 bridgehead atoms. The molecule has 0 aliphatic carbocycles. The van der Waals surface area contributed by atoms with Gasteiger partial charge in [0.2, 0.25) is 5.95 Å². The topological polar surface area (TPSA) is 56.7 Å². The molecule has 0 aliphatic heterocycles. The van der Waals surface area contributed by atoms with Crippen LogP contribution in [-0.4, -0.2) is 14.5 Å². The van der Waals surface area contributed by atoms with Crippen molar-refractivity contribution in [1.82, 2.24) is 14.5 Å². The van der Waals surface area contributed by atoms with Gasteiger partial charge in [0, 0.05) is 12.2 Å². The highest BCUT2D eigenvalue weighted by molar-refractivity contribution is 5.74. The SMILES string of the molecule is Cc1ccc2nc(N)n(CC(C)C(C)C)c2n1. The summed E-state index contributed by atoms with van der Waals surface area (Å²) >= 11 is 0. The van der Waals surface area contributed by atoms with Gasteiger partial charge in [-0.1, -0.05) is 20.8 Å². The highest BCUT2D eigenvalue weighted by Gasteiger charge is 2.14. The first kappa shape index (κ1) is 11.9. The minimum atomic E-state index is 0.553. The zero-order valence-electron chi connectivity index (χ0n) is 10.9. The second-order valence-corrected chi connectivity index (χ2v) is 5.10. The summed E-state index contributed by atoms with van der Waals surface area (Å²) in [7, 11) is 0. The van der Waals surface area contributed by atoms with Gasteiger partial charge in [-0.15, -0.1) is 0 Å². The van der Waals surface area contributed by atoms with E-state index in [-0.39, 0.29) is 0 Å². The Hall–Kier alpha value is -1.58. The molecular formula is C13H20N4. The van der Waals surface area contributed by atoms with Gasteiger partial charge in [0.05, 0.1) is 0 Å². The molecule has 0 aromatic carbocycles. The van der Waals surface area contributed by atoms with E-state index in [1.165, 1.54) is 0 Å². The third kappa shape index (κ3) is 2.25. The van der Waals surface area contributed by atoms with Crippen LogP contribution in [0.25, 0.3) is 11.2 Å². The number of aryl methyl sites for hydroxylation is 1. The fourth-order valence-corrected chi connectivity index (χ4v) is 1.79. The van der Waals surface area contributed by atoms with Gasteiger partial charge in [-0.25, -0.2) is 9.97 Å². The molecule has 4 heteroatoms. The Morgan fingerprint density at radius 1 is 1.24 bits per heavy atom. The maximum atomic E-state index is 5.96. The lowest BCUT2D eigenvalue weighted by Gasteiger charge is -2.17. The van der Waals surface area contributed by atoms with Crippen molar-refractivity contribution in [3.05, 3.63) is 17.8 Å². The number of nitrogens with two attached hydrogens (primary N) is 1. The first-order valence-corrected chi connectivity index (χ1v) is 6.08. The van der Waals surface area contributed by atoms with E-state index in [0.29, 0.717) is 17.8 Å². The molecule has 92 valence electrons. The zero-order valence-corrected chi connectivity index (χ0v) is 10.9. The number of hydrogen-bond donors (Lipinski definition) is 1. The number of nitrogens with zero attached hydrogens (tertiary/aromatic N) is 3. The number of anilines is 1. The standard InChI is InChI=1S/C13H20N4/c1-8(2)9(3)7-17-12-11(16-13(17)14)6-5-10(4)15-12/h5-6,8-9H,7H2,1-4H3,(H2,14,16). The van der Waals surface area contributed by atoms with Gasteiger partial charge in [-0.3, -0.25) is 4.57 Å². The quantitative estimate of drug-likeness (QED) is 0.885. The summed E-state index contributed by atoms with van der Waals surface area (Å²) in [6.45, 7) is 9.53. The molecule has 4 nitrogen and oxygen atoms in total. The highest BCUT2D eigenvalue weighted by atomic mass is 15.2. The van der Waals surface area contributed by atoms with Gasteiger partial charge in [0.15, 0.2) is 5.65 Å². The third-order valence-corrected chi connectivity index (χ3v) is 3.37. The Labute approximate surface area is 102 Å². The van der Waals surface area contributed by atoms with Gasteiger partial charge in [0.1, 0.15) is 5.52 Å². The predicted octanol–water partition coefficient (Wildman–Crippen LogP) is 2.61. The van der Waals surface area contributed by atoms with Crippen LogP contribution in [-0.2, 0) is 6.54 Å². The summed E-state index contributed by atoms with van der Waals surface area (Å²) in [5, 5.41) is 0. The smallest absolute Gasteiger partial charge is 0.202 e. The summed E-state index contributed by atoms with van der Waals surface area (Å²) < 4.78 is 2.02. The number of fused-ring (bicyclic) bond motifs is 1. The fraction of sp³-hybridized carbons (Fsp3) is 0.538. The third-order valence-electron chi connectivity index (χ3n) is 3.37. The van der Waals surface area contributed by atoms with Crippen molar-refractivity contribution < 1.29 is 0 Å². The molecule has 2 heterocycles. The van der Waals surface area contributed by atoms with Crippen molar-refractivity contribution in [3.63, 3.8) is 0 Å². The zero-order chi connectivity index (χ0) is 12.6. The van der Waals surface area contributed by atoms with Crippen LogP contribution in [0.15, 0.2) is 12.1 Å². The molecule has 2 aromatic rings. The molecule has 0 saturated heterocycles. The molecule has 1 unspecified atom stereocenters. The molecule has 0 saturated carbocycles. The van der Waals surface area contributed by atoms with Crippen molar-refractivity contribution in [2.45, 2.75) is 34.2 Å². The number of imidazole rings is 1. The van der Waals surface area contributed by atoms with E-state index in [4.69, 9.17) is 5.73 Å². The average Bonchev–Trinajstić information content (AvgIpc) is 2.55. The second kappa shape index (κ2) is 4.35. The largest absolute Gasteiger partial charge is 0.369 e. The van der Waals surface area contributed by atoms with E-state index >= 15 is 0 Å². The Morgan fingerprint density at radius 2 is 1.94 bits per heavy atom. The summed E-state index contributed by atoms with van der Waals surface area (Å²) in [4.78, 5) is 8.87. The first-order chi connectivity index (χ1) is 7.99. The normalized spacial score (nSPS) is 13.5. The van der Waals surface area contributed by atoms with E-state index < -0.39 is 0 Å². The van der Waals surface area contributed by atoms with Gasteiger partial charge in [0.25, 0.3) is 0 Å². The van der Waals surface area contributed by atoms with Crippen LogP contribution < -0.4 is 5.73 Å².